The van der Waals surface area contributed by atoms with E-state index in [2.05, 4.69) is 21.2 Å². The summed E-state index contributed by atoms with van der Waals surface area (Å²) in [5.41, 5.74) is 1.65. The van der Waals surface area contributed by atoms with Crippen molar-refractivity contribution in [1.82, 2.24) is 0 Å². The van der Waals surface area contributed by atoms with Crippen LogP contribution in [0.15, 0.2) is 51.8 Å². The van der Waals surface area contributed by atoms with Gasteiger partial charge in [-0.05, 0) is 35.9 Å². The summed E-state index contributed by atoms with van der Waals surface area (Å²) in [7, 11) is 0. The lowest BCUT2D eigenvalue weighted by Gasteiger charge is -2.12. The molecule has 0 saturated carbocycles. The highest BCUT2D eigenvalue weighted by molar-refractivity contribution is 9.10. The molecule has 1 nitrogen and oxygen atoms in total. The Kier molecular flexibility index (Phi) is 5.69. The first-order valence-electron chi connectivity index (χ1n) is 5.78. The number of nitrogens with one attached hydrogen (secondary N) is 1. The second-order valence-corrected chi connectivity index (χ2v) is 6.29. The molecule has 0 spiro atoms. The molecule has 0 aliphatic rings. The van der Waals surface area contributed by atoms with Gasteiger partial charge in [0.25, 0.3) is 5.76 Å². The fraction of sp³-hybridized carbons (Fsp3) is 0.143. The van der Waals surface area contributed by atoms with Crippen LogP contribution in [0.2, 0.25) is 5.02 Å². The van der Waals surface area contributed by atoms with Crippen molar-refractivity contribution in [2.24, 2.45) is 0 Å². The van der Waals surface area contributed by atoms with Crippen LogP contribution in [-0.2, 0) is 6.54 Å². The first kappa shape index (κ1) is 15.6. The van der Waals surface area contributed by atoms with Gasteiger partial charge >= 0.3 is 0 Å². The molecule has 106 valence electrons. The topological polar surface area (TPSA) is 12.0 Å². The molecule has 0 radical (unpaired) electrons. The Morgan fingerprint density at radius 3 is 2.70 bits per heavy atom. The fourth-order valence-electron chi connectivity index (χ4n) is 1.68. The van der Waals surface area contributed by atoms with Crippen LogP contribution in [0.4, 0.5) is 14.5 Å². The summed E-state index contributed by atoms with van der Waals surface area (Å²) in [6.07, 6.45) is 0. The number of rotatable bonds is 5. The molecule has 0 amide bonds. The van der Waals surface area contributed by atoms with Crippen LogP contribution in [-0.4, -0.2) is 5.76 Å². The number of para-hydroxylation sites is 1. The van der Waals surface area contributed by atoms with E-state index < -0.39 is 5.76 Å². The zero-order valence-electron chi connectivity index (χ0n) is 10.2. The lowest BCUT2D eigenvalue weighted by atomic mass is 10.2. The third-order valence-electron chi connectivity index (χ3n) is 2.58. The van der Waals surface area contributed by atoms with Crippen LogP contribution in [0, 0.1) is 0 Å². The van der Waals surface area contributed by atoms with E-state index in [1.807, 2.05) is 18.2 Å². The lowest BCUT2D eigenvalue weighted by Crippen LogP contribution is -2.01. The average molecular weight is 379 g/mol. The van der Waals surface area contributed by atoms with Gasteiger partial charge in [-0.25, -0.2) is 0 Å². The number of anilines is 1. The SMILES string of the molecule is FC(F)Sc1ccccc1NCc1cc(Cl)ccc1Br. The van der Waals surface area contributed by atoms with Crippen molar-refractivity contribution < 1.29 is 8.78 Å². The van der Waals surface area contributed by atoms with E-state index in [1.165, 1.54) is 0 Å². The second-order valence-electron chi connectivity index (χ2n) is 3.96. The highest BCUT2D eigenvalue weighted by Crippen LogP contribution is 2.32. The highest BCUT2D eigenvalue weighted by Gasteiger charge is 2.09. The molecular formula is C14H11BrClF2NS. The summed E-state index contributed by atoms with van der Waals surface area (Å²) in [5, 5.41) is 3.80. The van der Waals surface area contributed by atoms with Gasteiger partial charge in [-0.15, -0.1) is 0 Å². The molecule has 20 heavy (non-hydrogen) atoms. The molecule has 0 bridgehead atoms. The summed E-state index contributed by atoms with van der Waals surface area (Å²) in [6, 6.07) is 12.5. The Labute approximate surface area is 133 Å². The summed E-state index contributed by atoms with van der Waals surface area (Å²) in [4.78, 5) is 0.528. The van der Waals surface area contributed by atoms with Crippen LogP contribution in [0.3, 0.4) is 0 Å². The maximum atomic E-state index is 12.5. The zero-order valence-corrected chi connectivity index (χ0v) is 13.4. The Bertz CT molecular complexity index is 595. The summed E-state index contributed by atoms with van der Waals surface area (Å²) in [5.74, 6) is -2.43. The van der Waals surface area contributed by atoms with Gasteiger partial charge in [0.05, 0.1) is 0 Å². The molecule has 6 heteroatoms. The van der Waals surface area contributed by atoms with Gasteiger partial charge in [-0.3, -0.25) is 0 Å². The highest BCUT2D eigenvalue weighted by atomic mass is 79.9. The minimum Gasteiger partial charge on any atom is -0.380 e. The van der Waals surface area contributed by atoms with E-state index in [-0.39, 0.29) is 0 Å². The van der Waals surface area contributed by atoms with Crippen LogP contribution in [0.1, 0.15) is 5.56 Å². The Hall–Kier alpha value is -0.780. The van der Waals surface area contributed by atoms with Gasteiger partial charge in [0.15, 0.2) is 0 Å². The van der Waals surface area contributed by atoms with E-state index >= 15 is 0 Å². The normalized spacial score (nSPS) is 10.8. The number of hydrogen-bond acceptors (Lipinski definition) is 2. The molecular weight excluding hydrogens is 368 g/mol. The summed E-state index contributed by atoms with van der Waals surface area (Å²) in [6.45, 7) is 0.502. The first-order chi connectivity index (χ1) is 9.56. The molecule has 2 aromatic carbocycles. The third kappa shape index (κ3) is 4.36. The van der Waals surface area contributed by atoms with Gasteiger partial charge < -0.3 is 5.32 Å². The van der Waals surface area contributed by atoms with Crippen molar-refractivity contribution in [1.29, 1.82) is 0 Å². The van der Waals surface area contributed by atoms with Crippen molar-refractivity contribution in [2.45, 2.75) is 17.2 Å². The smallest absolute Gasteiger partial charge is 0.288 e. The van der Waals surface area contributed by atoms with E-state index in [4.69, 9.17) is 11.6 Å². The predicted molar refractivity (Wildman–Crippen MR) is 84.8 cm³/mol. The van der Waals surface area contributed by atoms with Gasteiger partial charge in [-0.1, -0.05) is 51.4 Å². The molecule has 2 aromatic rings. The molecule has 0 aliphatic carbocycles. The second kappa shape index (κ2) is 7.29. The minimum atomic E-state index is -2.43. The maximum Gasteiger partial charge on any atom is 0.288 e. The Morgan fingerprint density at radius 2 is 1.95 bits per heavy atom. The predicted octanol–water partition coefficient (Wildman–Crippen LogP) is 6.03. The zero-order chi connectivity index (χ0) is 14.5. The Morgan fingerprint density at radius 1 is 1.20 bits per heavy atom. The molecule has 0 heterocycles. The molecule has 2 rings (SSSR count). The summed E-state index contributed by atoms with van der Waals surface area (Å²) >= 11 is 9.92. The molecule has 0 aliphatic heterocycles. The Balaban J connectivity index is 2.12. The van der Waals surface area contributed by atoms with Crippen LogP contribution < -0.4 is 5.32 Å². The molecule has 1 N–H and O–H groups in total. The number of halogens is 4. The number of hydrogen-bond donors (Lipinski definition) is 1. The van der Waals surface area contributed by atoms with Crippen molar-refractivity contribution in [2.75, 3.05) is 5.32 Å². The maximum absolute atomic E-state index is 12.5. The van der Waals surface area contributed by atoms with Crippen LogP contribution in [0.25, 0.3) is 0 Å². The van der Waals surface area contributed by atoms with Gasteiger partial charge in [0.1, 0.15) is 0 Å². The molecule has 0 atom stereocenters. The van der Waals surface area contributed by atoms with E-state index in [0.29, 0.717) is 33.9 Å². The van der Waals surface area contributed by atoms with Crippen molar-refractivity contribution in [3.63, 3.8) is 0 Å². The van der Waals surface area contributed by atoms with Crippen LogP contribution in [0.5, 0.6) is 0 Å². The third-order valence-corrected chi connectivity index (χ3v) is 4.38. The minimum absolute atomic E-state index is 0.502. The van der Waals surface area contributed by atoms with Crippen LogP contribution >= 0.6 is 39.3 Å². The van der Waals surface area contributed by atoms with E-state index in [9.17, 15) is 8.78 Å². The average Bonchev–Trinajstić information content (AvgIpc) is 2.41. The van der Waals surface area contributed by atoms with E-state index in [0.717, 1.165) is 10.0 Å². The quantitative estimate of drug-likeness (QED) is 0.638. The summed E-state index contributed by atoms with van der Waals surface area (Å²) < 4.78 is 25.9. The lowest BCUT2D eigenvalue weighted by molar-refractivity contribution is 0.252. The van der Waals surface area contributed by atoms with Crippen molar-refractivity contribution >= 4 is 45.0 Å². The fourth-order valence-corrected chi connectivity index (χ4v) is 2.88. The number of benzene rings is 2. The van der Waals surface area contributed by atoms with Gasteiger partial charge in [0, 0.05) is 26.6 Å². The molecule has 0 saturated heterocycles. The molecule has 0 fully saturated rings. The number of thioether (sulfide) groups is 1. The number of alkyl halides is 2. The standard InChI is InChI=1S/C14H11BrClF2NS/c15-11-6-5-10(16)7-9(11)8-19-12-3-1-2-4-13(12)20-14(17)18/h1-7,14,19H,8H2. The monoisotopic (exact) mass is 377 g/mol. The largest absolute Gasteiger partial charge is 0.380 e. The van der Waals surface area contributed by atoms with Gasteiger partial charge in [0.2, 0.25) is 0 Å². The van der Waals surface area contributed by atoms with E-state index in [1.54, 1.807) is 24.3 Å². The van der Waals surface area contributed by atoms with Crippen molar-refractivity contribution in [3.05, 3.63) is 57.5 Å². The van der Waals surface area contributed by atoms with Crippen molar-refractivity contribution in [3.8, 4) is 0 Å². The molecule has 0 aromatic heterocycles. The first-order valence-corrected chi connectivity index (χ1v) is 7.83. The van der Waals surface area contributed by atoms with Gasteiger partial charge in [-0.2, -0.15) is 8.78 Å². The molecule has 0 unspecified atom stereocenters.